The van der Waals surface area contributed by atoms with Crippen LogP contribution < -0.4 is 5.32 Å². The Morgan fingerprint density at radius 3 is 2.55 bits per heavy atom. The van der Waals surface area contributed by atoms with Crippen LogP contribution in [0.1, 0.15) is 30.1 Å². The van der Waals surface area contributed by atoms with Crippen LogP contribution in [0.25, 0.3) is 0 Å². The molecule has 4 nitrogen and oxygen atoms in total. The Bertz CT molecular complexity index is 563. The van der Waals surface area contributed by atoms with Gasteiger partial charge < -0.3 is 10.2 Å². The topological polar surface area (TPSA) is 49.4 Å². The van der Waals surface area contributed by atoms with Crippen molar-refractivity contribution >= 4 is 17.5 Å². The monoisotopic (exact) mass is 276 g/mol. The van der Waals surface area contributed by atoms with Crippen LogP contribution >= 0.6 is 0 Å². The molecular formula is C15H17FN2O2. The number of hydrogen-bond acceptors (Lipinski definition) is 2. The first-order chi connectivity index (χ1) is 9.54. The molecule has 5 heteroatoms. The molecule has 0 bridgehead atoms. The van der Waals surface area contributed by atoms with Gasteiger partial charge in [0.2, 0.25) is 5.91 Å². The molecule has 1 aliphatic heterocycles. The molecule has 2 aliphatic rings. The summed E-state index contributed by atoms with van der Waals surface area (Å²) in [7, 11) is 0. The molecule has 1 aliphatic carbocycles. The quantitative estimate of drug-likeness (QED) is 0.920. The predicted molar refractivity (Wildman–Crippen MR) is 72.8 cm³/mol. The minimum absolute atomic E-state index is 0.134. The van der Waals surface area contributed by atoms with Gasteiger partial charge in [-0.2, -0.15) is 0 Å². The van der Waals surface area contributed by atoms with Crippen LogP contribution in [0.5, 0.6) is 0 Å². The zero-order chi connectivity index (χ0) is 14.3. The molecule has 1 aromatic rings. The lowest BCUT2D eigenvalue weighted by Crippen LogP contribution is -2.50. The summed E-state index contributed by atoms with van der Waals surface area (Å²) in [4.78, 5) is 25.3. The van der Waals surface area contributed by atoms with Crippen LogP contribution in [0.2, 0.25) is 0 Å². The van der Waals surface area contributed by atoms with Gasteiger partial charge in [-0.1, -0.05) is 0 Å². The second kappa shape index (κ2) is 4.89. The number of nitrogens with one attached hydrogen (secondary N) is 1. The van der Waals surface area contributed by atoms with Crippen LogP contribution in [0.3, 0.4) is 0 Å². The second-order valence-corrected chi connectivity index (χ2v) is 5.68. The third kappa shape index (κ3) is 2.53. The summed E-state index contributed by atoms with van der Waals surface area (Å²) in [6, 6.07) is 3.87. The molecular weight excluding hydrogens is 259 g/mol. The highest BCUT2D eigenvalue weighted by Gasteiger charge is 2.41. The van der Waals surface area contributed by atoms with Crippen molar-refractivity contribution in [3.63, 3.8) is 0 Å². The molecule has 0 radical (unpaired) electrons. The molecule has 0 aromatic heterocycles. The lowest BCUT2D eigenvalue weighted by Gasteiger charge is -2.40. The average molecular weight is 276 g/mol. The molecule has 1 heterocycles. The van der Waals surface area contributed by atoms with E-state index in [4.69, 9.17) is 0 Å². The van der Waals surface area contributed by atoms with Gasteiger partial charge in [0, 0.05) is 20.0 Å². The van der Waals surface area contributed by atoms with Crippen LogP contribution in [-0.2, 0) is 4.79 Å². The fraction of sp³-hybridized carbons (Fsp3) is 0.467. The summed E-state index contributed by atoms with van der Waals surface area (Å²) >= 11 is 0. The van der Waals surface area contributed by atoms with Gasteiger partial charge in [-0.25, -0.2) is 4.39 Å². The molecule has 106 valence electrons. The Hall–Kier alpha value is -1.91. The van der Waals surface area contributed by atoms with E-state index in [1.165, 1.54) is 38.0 Å². The minimum atomic E-state index is -0.468. The lowest BCUT2D eigenvalue weighted by molar-refractivity contribution is -0.114. The van der Waals surface area contributed by atoms with Crippen molar-refractivity contribution in [1.82, 2.24) is 4.90 Å². The van der Waals surface area contributed by atoms with Crippen molar-refractivity contribution in [2.75, 3.05) is 18.4 Å². The van der Waals surface area contributed by atoms with Crippen LogP contribution in [-0.4, -0.2) is 29.8 Å². The van der Waals surface area contributed by atoms with Crippen molar-refractivity contribution in [2.24, 2.45) is 11.8 Å². The molecule has 0 spiro atoms. The lowest BCUT2D eigenvalue weighted by atomic mass is 9.93. The van der Waals surface area contributed by atoms with E-state index >= 15 is 0 Å². The van der Waals surface area contributed by atoms with Crippen molar-refractivity contribution in [1.29, 1.82) is 0 Å². The fourth-order valence-electron chi connectivity index (χ4n) is 2.71. The Morgan fingerprint density at radius 1 is 1.25 bits per heavy atom. The number of likely N-dealkylation sites (tertiary alicyclic amines) is 1. The summed E-state index contributed by atoms with van der Waals surface area (Å²) in [6.45, 7) is 2.90. The van der Waals surface area contributed by atoms with Crippen molar-refractivity contribution in [3.05, 3.63) is 29.6 Å². The highest BCUT2D eigenvalue weighted by molar-refractivity contribution is 6.03. The number of carbonyl (C=O) groups is 2. The first kappa shape index (κ1) is 13.1. The maximum Gasteiger partial charge on any atom is 0.255 e. The van der Waals surface area contributed by atoms with Crippen LogP contribution in [0.4, 0.5) is 10.1 Å². The first-order valence-corrected chi connectivity index (χ1v) is 6.91. The Kier molecular flexibility index (Phi) is 3.20. The average Bonchev–Trinajstić information content (AvgIpc) is 3.10. The smallest absolute Gasteiger partial charge is 0.255 e. The molecule has 2 amide bonds. The number of anilines is 1. The predicted octanol–water partition coefficient (Wildman–Crippen LogP) is 2.27. The zero-order valence-electron chi connectivity index (χ0n) is 11.4. The normalized spacial score (nSPS) is 18.6. The molecule has 1 aromatic carbocycles. The molecule has 1 saturated heterocycles. The third-order valence-electron chi connectivity index (χ3n) is 4.01. The van der Waals surface area contributed by atoms with Gasteiger partial charge in [0.25, 0.3) is 5.91 Å². The second-order valence-electron chi connectivity index (χ2n) is 5.68. The number of hydrogen-bond donors (Lipinski definition) is 1. The Morgan fingerprint density at radius 2 is 1.95 bits per heavy atom. The van der Waals surface area contributed by atoms with Crippen LogP contribution in [0.15, 0.2) is 18.2 Å². The Balaban J connectivity index is 1.75. The first-order valence-electron chi connectivity index (χ1n) is 6.91. The summed E-state index contributed by atoms with van der Waals surface area (Å²) in [5.41, 5.74) is 0.605. The van der Waals surface area contributed by atoms with E-state index in [2.05, 4.69) is 5.32 Å². The minimum Gasteiger partial charge on any atom is -0.338 e. The van der Waals surface area contributed by atoms with E-state index in [1.807, 2.05) is 0 Å². The SMILES string of the molecule is CC(=O)Nc1cc(F)ccc1C(=O)N1CC(C2CC2)C1. The number of rotatable bonds is 3. The fourth-order valence-corrected chi connectivity index (χ4v) is 2.71. The van der Waals surface area contributed by atoms with E-state index in [1.54, 1.807) is 4.90 Å². The highest BCUT2D eigenvalue weighted by atomic mass is 19.1. The number of benzene rings is 1. The molecule has 1 saturated carbocycles. The molecule has 20 heavy (non-hydrogen) atoms. The van der Waals surface area contributed by atoms with Gasteiger partial charge in [-0.15, -0.1) is 0 Å². The van der Waals surface area contributed by atoms with Gasteiger partial charge in [0.05, 0.1) is 11.3 Å². The standard InChI is InChI=1S/C15H17FN2O2/c1-9(19)17-14-6-12(16)4-5-13(14)15(20)18-7-11(8-18)10-2-3-10/h4-6,10-11H,2-3,7-8H2,1H3,(H,17,19). The van der Waals surface area contributed by atoms with E-state index in [0.717, 1.165) is 19.0 Å². The van der Waals surface area contributed by atoms with Crippen LogP contribution in [0, 0.1) is 17.7 Å². The van der Waals surface area contributed by atoms with E-state index < -0.39 is 5.82 Å². The number of amides is 2. The van der Waals surface area contributed by atoms with Crippen molar-refractivity contribution in [3.8, 4) is 0 Å². The van der Waals surface area contributed by atoms with E-state index in [0.29, 0.717) is 11.5 Å². The summed E-state index contributed by atoms with van der Waals surface area (Å²) in [5.74, 6) is 0.505. The third-order valence-corrected chi connectivity index (χ3v) is 4.01. The number of nitrogens with zero attached hydrogens (tertiary/aromatic N) is 1. The molecule has 1 N–H and O–H groups in total. The van der Waals surface area contributed by atoms with Gasteiger partial charge in [-0.3, -0.25) is 9.59 Å². The van der Waals surface area contributed by atoms with Crippen molar-refractivity contribution < 1.29 is 14.0 Å². The highest BCUT2D eigenvalue weighted by Crippen LogP contribution is 2.41. The van der Waals surface area contributed by atoms with E-state index in [9.17, 15) is 14.0 Å². The van der Waals surface area contributed by atoms with Crippen molar-refractivity contribution in [2.45, 2.75) is 19.8 Å². The number of carbonyl (C=O) groups excluding carboxylic acids is 2. The molecule has 2 fully saturated rings. The van der Waals surface area contributed by atoms with Gasteiger partial charge in [-0.05, 0) is 42.9 Å². The van der Waals surface area contributed by atoms with E-state index in [-0.39, 0.29) is 17.5 Å². The number of halogens is 1. The summed E-state index contributed by atoms with van der Waals surface area (Å²) in [5, 5.41) is 2.52. The maximum atomic E-state index is 13.3. The molecule has 0 atom stereocenters. The summed E-state index contributed by atoms with van der Waals surface area (Å²) in [6.07, 6.45) is 2.56. The summed E-state index contributed by atoms with van der Waals surface area (Å²) < 4.78 is 13.3. The maximum absolute atomic E-state index is 13.3. The molecule has 3 rings (SSSR count). The molecule has 0 unspecified atom stereocenters. The van der Waals surface area contributed by atoms with Gasteiger partial charge >= 0.3 is 0 Å². The Labute approximate surface area is 117 Å². The van der Waals surface area contributed by atoms with Gasteiger partial charge in [0.1, 0.15) is 5.82 Å². The zero-order valence-corrected chi connectivity index (χ0v) is 11.4. The largest absolute Gasteiger partial charge is 0.338 e. The van der Waals surface area contributed by atoms with Gasteiger partial charge in [0.15, 0.2) is 0 Å².